The maximum Gasteiger partial charge on any atom is 0.191 e. The zero-order valence-electron chi connectivity index (χ0n) is 16.0. The Morgan fingerprint density at radius 1 is 1.23 bits per heavy atom. The topological polar surface area (TPSA) is 85.6 Å². The summed E-state index contributed by atoms with van der Waals surface area (Å²) in [5.74, 6) is 2.39. The van der Waals surface area contributed by atoms with Gasteiger partial charge in [-0.25, -0.2) is 4.98 Å². The van der Waals surface area contributed by atoms with Crippen LogP contribution in [-0.4, -0.2) is 47.6 Å². The highest BCUT2D eigenvalue weighted by atomic mass is 16.5. The largest absolute Gasteiger partial charge is 0.491 e. The van der Waals surface area contributed by atoms with Crippen molar-refractivity contribution in [2.24, 2.45) is 12.0 Å². The van der Waals surface area contributed by atoms with Crippen LogP contribution in [0.5, 0.6) is 5.75 Å². The number of aryl methyl sites for hydroxylation is 2. The Morgan fingerprint density at radius 3 is 2.73 bits per heavy atom. The summed E-state index contributed by atoms with van der Waals surface area (Å²) < 4.78 is 12.9. The third-order valence-electron chi connectivity index (χ3n) is 3.80. The Hall–Kier alpha value is -2.61. The van der Waals surface area contributed by atoms with Gasteiger partial charge in [0.2, 0.25) is 0 Å². The summed E-state index contributed by atoms with van der Waals surface area (Å²) in [5, 5.41) is 10.6. The molecule has 0 unspecified atom stereocenters. The van der Waals surface area contributed by atoms with Crippen molar-refractivity contribution in [3.63, 3.8) is 0 Å². The molecule has 26 heavy (non-hydrogen) atoms. The number of nitrogens with zero attached hydrogens (tertiary/aromatic N) is 4. The molecule has 1 aromatic carbocycles. The van der Waals surface area contributed by atoms with Gasteiger partial charge in [0.05, 0.1) is 13.2 Å². The van der Waals surface area contributed by atoms with Crippen LogP contribution in [0.4, 0.5) is 0 Å². The van der Waals surface area contributed by atoms with Gasteiger partial charge in [-0.2, -0.15) is 5.10 Å². The minimum absolute atomic E-state index is 0.531. The Bertz CT molecular complexity index is 713. The number of benzene rings is 1. The van der Waals surface area contributed by atoms with Gasteiger partial charge in [0.15, 0.2) is 5.96 Å². The third-order valence-corrected chi connectivity index (χ3v) is 3.80. The van der Waals surface area contributed by atoms with Crippen LogP contribution in [0.15, 0.2) is 29.5 Å². The van der Waals surface area contributed by atoms with Gasteiger partial charge in [-0.15, -0.1) is 0 Å². The van der Waals surface area contributed by atoms with E-state index < -0.39 is 0 Å². The van der Waals surface area contributed by atoms with E-state index in [0.717, 1.165) is 22.7 Å². The molecule has 0 aliphatic carbocycles. The second-order valence-corrected chi connectivity index (χ2v) is 5.74. The number of rotatable bonds is 9. The average Bonchev–Trinajstić information content (AvgIpc) is 3.05. The van der Waals surface area contributed by atoms with Crippen LogP contribution in [0.2, 0.25) is 0 Å². The van der Waals surface area contributed by atoms with E-state index in [1.807, 2.05) is 27.0 Å². The van der Waals surface area contributed by atoms with Gasteiger partial charge in [0.1, 0.15) is 24.5 Å². The molecule has 0 atom stereocenters. The molecule has 0 spiro atoms. The molecule has 0 fully saturated rings. The van der Waals surface area contributed by atoms with E-state index in [9.17, 15) is 0 Å². The van der Waals surface area contributed by atoms with Gasteiger partial charge in [-0.3, -0.25) is 9.67 Å². The molecule has 0 saturated carbocycles. The Labute approximate surface area is 154 Å². The van der Waals surface area contributed by atoms with E-state index in [1.54, 1.807) is 11.7 Å². The summed E-state index contributed by atoms with van der Waals surface area (Å²) >= 11 is 0. The summed E-state index contributed by atoms with van der Waals surface area (Å²) in [6.45, 7) is 6.97. The van der Waals surface area contributed by atoms with E-state index >= 15 is 0 Å². The van der Waals surface area contributed by atoms with Crippen LogP contribution in [0.1, 0.15) is 23.9 Å². The van der Waals surface area contributed by atoms with Crippen molar-refractivity contribution in [1.29, 1.82) is 0 Å². The van der Waals surface area contributed by atoms with Gasteiger partial charge in [0.25, 0.3) is 0 Å². The van der Waals surface area contributed by atoms with Gasteiger partial charge in [-0.1, -0.05) is 12.1 Å². The number of aromatic nitrogens is 3. The normalized spacial score (nSPS) is 11.5. The van der Waals surface area contributed by atoms with Crippen LogP contribution in [0, 0.1) is 6.92 Å². The quantitative estimate of drug-likeness (QED) is 0.399. The monoisotopic (exact) mass is 360 g/mol. The van der Waals surface area contributed by atoms with Crippen molar-refractivity contribution >= 4 is 5.96 Å². The highest BCUT2D eigenvalue weighted by Gasteiger charge is 2.07. The molecule has 2 N–H and O–H groups in total. The lowest BCUT2D eigenvalue weighted by molar-refractivity contribution is 0.110. The van der Waals surface area contributed by atoms with E-state index in [-0.39, 0.29) is 0 Å². The predicted molar refractivity (Wildman–Crippen MR) is 101 cm³/mol. The number of guanidine groups is 1. The van der Waals surface area contributed by atoms with Crippen LogP contribution in [-0.2, 0) is 24.9 Å². The molecular weight excluding hydrogens is 332 g/mol. The zero-order chi connectivity index (χ0) is 18.8. The van der Waals surface area contributed by atoms with E-state index in [0.29, 0.717) is 38.9 Å². The second kappa shape index (κ2) is 10.4. The maximum absolute atomic E-state index is 5.87. The Balaban J connectivity index is 1.90. The van der Waals surface area contributed by atoms with Crippen LogP contribution < -0.4 is 15.4 Å². The van der Waals surface area contributed by atoms with Gasteiger partial charge >= 0.3 is 0 Å². The number of ether oxygens (including phenoxy) is 2. The molecule has 8 nitrogen and oxygen atoms in total. The lowest BCUT2D eigenvalue weighted by Crippen LogP contribution is -2.37. The molecule has 1 aromatic heterocycles. The van der Waals surface area contributed by atoms with Crippen molar-refractivity contribution in [1.82, 2.24) is 25.4 Å². The molecule has 0 saturated heterocycles. The molecule has 2 aromatic rings. The first-order chi connectivity index (χ1) is 12.6. The fraction of sp³-hybridized carbons (Fsp3) is 0.500. The summed E-state index contributed by atoms with van der Waals surface area (Å²) in [6, 6.07) is 6.18. The number of hydrogen-bond acceptors (Lipinski definition) is 5. The fourth-order valence-corrected chi connectivity index (χ4v) is 2.34. The molecular formula is C18H28N6O2. The van der Waals surface area contributed by atoms with Crippen molar-refractivity contribution in [2.75, 3.05) is 26.9 Å². The van der Waals surface area contributed by atoms with Crippen LogP contribution >= 0.6 is 0 Å². The molecule has 8 heteroatoms. The molecule has 0 aliphatic rings. The summed E-state index contributed by atoms with van der Waals surface area (Å²) in [7, 11) is 3.60. The smallest absolute Gasteiger partial charge is 0.191 e. The molecule has 0 aliphatic heterocycles. The SMILES string of the molecule is CCOCCOc1cc(C)ccc1CNC(=NC)NCc1ncnn1C. The van der Waals surface area contributed by atoms with Crippen molar-refractivity contribution in [2.45, 2.75) is 26.9 Å². The summed E-state index contributed by atoms with van der Waals surface area (Å²) in [5.41, 5.74) is 2.22. The van der Waals surface area contributed by atoms with E-state index in [1.165, 1.54) is 6.33 Å². The Kier molecular flexibility index (Phi) is 7.88. The highest BCUT2D eigenvalue weighted by Crippen LogP contribution is 2.20. The fourth-order valence-electron chi connectivity index (χ4n) is 2.34. The maximum atomic E-state index is 5.87. The molecule has 2 rings (SSSR count). The Morgan fingerprint density at radius 2 is 2.04 bits per heavy atom. The van der Waals surface area contributed by atoms with E-state index in [2.05, 4.69) is 37.8 Å². The van der Waals surface area contributed by atoms with Crippen molar-refractivity contribution in [3.8, 4) is 5.75 Å². The number of hydrogen-bond donors (Lipinski definition) is 2. The first-order valence-electron chi connectivity index (χ1n) is 8.71. The van der Waals surface area contributed by atoms with Crippen LogP contribution in [0.3, 0.4) is 0 Å². The highest BCUT2D eigenvalue weighted by molar-refractivity contribution is 5.79. The molecule has 0 radical (unpaired) electrons. The minimum Gasteiger partial charge on any atom is -0.491 e. The number of aliphatic imine (C=N–C) groups is 1. The molecule has 1 heterocycles. The molecule has 0 amide bonds. The average molecular weight is 360 g/mol. The van der Waals surface area contributed by atoms with Crippen molar-refractivity contribution < 1.29 is 9.47 Å². The van der Waals surface area contributed by atoms with Crippen molar-refractivity contribution in [3.05, 3.63) is 41.5 Å². The van der Waals surface area contributed by atoms with Gasteiger partial charge in [-0.05, 0) is 25.5 Å². The number of nitrogens with one attached hydrogen (secondary N) is 2. The minimum atomic E-state index is 0.531. The molecule has 142 valence electrons. The van der Waals surface area contributed by atoms with Crippen LogP contribution in [0.25, 0.3) is 0 Å². The first-order valence-corrected chi connectivity index (χ1v) is 8.71. The van der Waals surface area contributed by atoms with Gasteiger partial charge in [0, 0.05) is 32.8 Å². The zero-order valence-corrected chi connectivity index (χ0v) is 16.0. The standard InChI is InChI=1S/C18H28N6O2/c1-5-25-8-9-26-16-10-14(2)6-7-15(16)11-20-18(19-3)21-12-17-22-13-23-24(17)4/h6-7,10,13H,5,8-9,11-12H2,1-4H3,(H2,19,20,21). The second-order valence-electron chi connectivity index (χ2n) is 5.74. The van der Waals surface area contributed by atoms with Gasteiger partial charge < -0.3 is 20.1 Å². The van der Waals surface area contributed by atoms with E-state index in [4.69, 9.17) is 9.47 Å². The lowest BCUT2D eigenvalue weighted by Gasteiger charge is -2.15. The first kappa shape index (κ1) is 19.7. The third kappa shape index (κ3) is 6.03. The molecule has 0 bridgehead atoms. The lowest BCUT2D eigenvalue weighted by atomic mass is 10.1. The summed E-state index contributed by atoms with van der Waals surface area (Å²) in [6.07, 6.45) is 1.53. The summed E-state index contributed by atoms with van der Waals surface area (Å²) in [4.78, 5) is 8.43. The predicted octanol–water partition coefficient (Wildman–Crippen LogP) is 1.40.